The highest BCUT2D eigenvalue weighted by Crippen LogP contribution is 2.36. The van der Waals surface area contributed by atoms with Crippen molar-refractivity contribution >= 4 is 12.4 Å². The van der Waals surface area contributed by atoms with Crippen LogP contribution in [0.15, 0.2) is 40.3 Å². The third kappa shape index (κ3) is 4.73. The third-order valence-corrected chi connectivity index (χ3v) is 4.25. The van der Waals surface area contributed by atoms with Crippen molar-refractivity contribution < 1.29 is 0 Å². The van der Waals surface area contributed by atoms with Gasteiger partial charge < -0.3 is 0 Å². The van der Waals surface area contributed by atoms with Crippen LogP contribution in [0.1, 0.15) is 51.5 Å². The van der Waals surface area contributed by atoms with Gasteiger partial charge >= 0.3 is 0 Å². The summed E-state index contributed by atoms with van der Waals surface area (Å²) in [5, 5.41) is 0. The van der Waals surface area contributed by atoms with Gasteiger partial charge in [0.05, 0.1) is 5.92 Å². The predicted molar refractivity (Wildman–Crippen MR) is 91.8 cm³/mol. The minimum atomic E-state index is 0.500. The van der Waals surface area contributed by atoms with Crippen LogP contribution < -0.4 is 0 Å². The topological polar surface area (TPSA) is 24.7 Å². The molecule has 0 spiro atoms. The maximum absolute atomic E-state index is 4.50. The summed E-state index contributed by atoms with van der Waals surface area (Å²) >= 11 is 0. The van der Waals surface area contributed by atoms with Crippen molar-refractivity contribution in [1.82, 2.24) is 0 Å². The molecule has 0 fully saturated rings. The van der Waals surface area contributed by atoms with E-state index in [9.17, 15) is 0 Å². The molecule has 2 heteroatoms. The van der Waals surface area contributed by atoms with E-state index in [1.807, 2.05) is 12.4 Å². The molecule has 21 heavy (non-hydrogen) atoms. The van der Waals surface area contributed by atoms with Gasteiger partial charge in [-0.2, -0.15) is 0 Å². The van der Waals surface area contributed by atoms with E-state index in [1.54, 1.807) is 0 Å². The van der Waals surface area contributed by atoms with Crippen LogP contribution in [0.25, 0.3) is 0 Å². The van der Waals surface area contributed by atoms with E-state index < -0.39 is 0 Å². The SMILES string of the molecule is CCCCC([C+]1N=CC=N1)C(CCC)Cc1ccccc1. The predicted octanol–water partition coefficient (Wildman–Crippen LogP) is 5.10. The summed E-state index contributed by atoms with van der Waals surface area (Å²) < 4.78 is 0. The Morgan fingerprint density at radius 2 is 1.67 bits per heavy atom. The Labute approximate surface area is 129 Å². The first kappa shape index (κ1) is 15.8. The first-order valence-electron chi connectivity index (χ1n) is 8.32. The molecule has 0 amide bonds. The van der Waals surface area contributed by atoms with E-state index in [2.05, 4.69) is 54.2 Å². The molecule has 1 aromatic rings. The summed E-state index contributed by atoms with van der Waals surface area (Å²) in [4.78, 5) is 9.01. The lowest BCUT2D eigenvalue weighted by Gasteiger charge is -2.25. The number of aliphatic imine (C=N–C) groups is 2. The molecule has 0 radical (unpaired) electrons. The summed E-state index contributed by atoms with van der Waals surface area (Å²) in [6.45, 7) is 4.54. The summed E-state index contributed by atoms with van der Waals surface area (Å²) in [7, 11) is 0. The Bertz CT molecular complexity index is 438. The first-order valence-corrected chi connectivity index (χ1v) is 8.32. The lowest BCUT2D eigenvalue weighted by Crippen LogP contribution is -2.22. The molecule has 1 aliphatic heterocycles. The van der Waals surface area contributed by atoms with Gasteiger partial charge in [0.2, 0.25) is 6.17 Å². The van der Waals surface area contributed by atoms with Crippen molar-refractivity contribution in [2.24, 2.45) is 21.8 Å². The van der Waals surface area contributed by atoms with Crippen LogP contribution in [-0.2, 0) is 6.42 Å². The minimum absolute atomic E-state index is 0.500. The molecule has 2 nitrogen and oxygen atoms in total. The molecule has 0 saturated heterocycles. The largest absolute Gasteiger partial charge is 0.244 e. The van der Waals surface area contributed by atoms with E-state index in [0.717, 1.165) is 12.6 Å². The highest BCUT2D eigenvalue weighted by molar-refractivity contribution is 6.18. The number of rotatable bonds is 9. The normalized spacial score (nSPS) is 16.4. The fourth-order valence-corrected chi connectivity index (χ4v) is 3.18. The highest BCUT2D eigenvalue weighted by Gasteiger charge is 2.34. The molecule has 1 aliphatic rings. The van der Waals surface area contributed by atoms with E-state index in [4.69, 9.17) is 0 Å². The number of hydrogen-bond donors (Lipinski definition) is 0. The molecule has 2 unspecified atom stereocenters. The Morgan fingerprint density at radius 1 is 0.952 bits per heavy atom. The second-order valence-electron chi connectivity index (χ2n) is 5.90. The standard InChI is InChI=1S/C19H27N2/c1-3-5-12-18(19-20-13-14-21-19)17(9-4-2)15-16-10-7-6-8-11-16/h6-8,10-11,13-14,17-18H,3-5,9,12,15H2,1-2H3/q+1. The average molecular weight is 283 g/mol. The summed E-state index contributed by atoms with van der Waals surface area (Å²) in [6, 6.07) is 10.8. The van der Waals surface area contributed by atoms with Crippen molar-refractivity contribution in [2.75, 3.05) is 0 Å². The van der Waals surface area contributed by atoms with Crippen LogP contribution in [0, 0.1) is 18.0 Å². The molecule has 0 aliphatic carbocycles. The summed E-state index contributed by atoms with van der Waals surface area (Å²) in [6.07, 6.45) is 12.0. The van der Waals surface area contributed by atoms with Gasteiger partial charge in [-0.25, -0.2) is 0 Å². The number of benzene rings is 1. The second kappa shape index (κ2) is 8.66. The monoisotopic (exact) mass is 283 g/mol. The summed E-state index contributed by atoms with van der Waals surface area (Å²) in [5.41, 5.74) is 1.43. The first-order chi connectivity index (χ1) is 10.3. The molecule has 0 N–H and O–H groups in total. The maximum atomic E-state index is 4.50. The van der Waals surface area contributed by atoms with Crippen molar-refractivity contribution in [3.63, 3.8) is 0 Å². The van der Waals surface area contributed by atoms with Crippen molar-refractivity contribution in [2.45, 2.75) is 52.4 Å². The zero-order valence-corrected chi connectivity index (χ0v) is 13.3. The van der Waals surface area contributed by atoms with Crippen LogP contribution in [-0.4, -0.2) is 12.4 Å². The van der Waals surface area contributed by atoms with Gasteiger partial charge in [-0.05, 0) is 30.7 Å². The summed E-state index contributed by atoms with van der Waals surface area (Å²) in [5.74, 6) is 1.14. The zero-order valence-electron chi connectivity index (χ0n) is 13.3. The smallest absolute Gasteiger partial charge is 0.0965 e. The van der Waals surface area contributed by atoms with Crippen molar-refractivity contribution in [1.29, 1.82) is 0 Å². The van der Waals surface area contributed by atoms with E-state index in [-0.39, 0.29) is 0 Å². The van der Waals surface area contributed by atoms with Gasteiger partial charge in [0.1, 0.15) is 0 Å². The maximum Gasteiger partial charge on any atom is 0.244 e. The van der Waals surface area contributed by atoms with Gasteiger partial charge in [0, 0.05) is 0 Å². The Hall–Kier alpha value is -1.57. The van der Waals surface area contributed by atoms with Crippen molar-refractivity contribution in [3.8, 4) is 0 Å². The average Bonchev–Trinajstić information content (AvgIpc) is 3.03. The lowest BCUT2D eigenvalue weighted by atomic mass is 9.79. The zero-order chi connectivity index (χ0) is 14.9. The van der Waals surface area contributed by atoms with Crippen LogP contribution in [0.3, 0.4) is 0 Å². The van der Waals surface area contributed by atoms with E-state index >= 15 is 0 Å². The lowest BCUT2D eigenvalue weighted by molar-refractivity contribution is 0.292. The van der Waals surface area contributed by atoms with Crippen LogP contribution in [0.4, 0.5) is 0 Å². The molecule has 0 bridgehead atoms. The molecular weight excluding hydrogens is 256 g/mol. The van der Waals surface area contributed by atoms with Crippen LogP contribution in [0.5, 0.6) is 0 Å². The Morgan fingerprint density at radius 3 is 2.29 bits per heavy atom. The van der Waals surface area contributed by atoms with Crippen LogP contribution >= 0.6 is 0 Å². The van der Waals surface area contributed by atoms with E-state index in [0.29, 0.717) is 11.8 Å². The number of unbranched alkanes of at least 4 members (excludes halogenated alkanes) is 1. The molecular formula is C19H27N2+. The Balaban J connectivity index is 2.10. The molecule has 112 valence electrons. The van der Waals surface area contributed by atoms with Gasteiger partial charge in [-0.1, -0.05) is 73.4 Å². The van der Waals surface area contributed by atoms with Crippen LogP contribution in [0.2, 0.25) is 0 Å². The fourth-order valence-electron chi connectivity index (χ4n) is 3.18. The molecule has 2 atom stereocenters. The van der Waals surface area contributed by atoms with Crippen molar-refractivity contribution in [3.05, 3.63) is 42.1 Å². The minimum Gasteiger partial charge on any atom is -0.0965 e. The van der Waals surface area contributed by atoms with Gasteiger partial charge in [0.25, 0.3) is 0 Å². The van der Waals surface area contributed by atoms with Gasteiger partial charge in [-0.3, -0.25) is 0 Å². The third-order valence-electron chi connectivity index (χ3n) is 4.25. The Kier molecular flexibility index (Phi) is 6.52. The quantitative estimate of drug-likeness (QED) is 0.563. The molecule has 0 saturated carbocycles. The van der Waals surface area contributed by atoms with Gasteiger partial charge in [0.15, 0.2) is 12.4 Å². The molecule has 1 heterocycles. The number of nitrogens with zero attached hydrogens (tertiary/aromatic N) is 2. The van der Waals surface area contributed by atoms with Gasteiger partial charge in [-0.15, -0.1) is 0 Å². The molecule has 1 aromatic carbocycles. The molecule has 2 rings (SSSR count). The second-order valence-corrected chi connectivity index (χ2v) is 5.90. The highest BCUT2D eigenvalue weighted by atomic mass is 15.0. The number of hydrogen-bond acceptors (Lipinski definition) is 2. The molecule has 0 aromatic heterocycles. The fraction of sp³-hybridized carbons (Fsp3) is 0.526. The van der Waals surface area contributed by atoms with E-state index in [1.165, 1.54) is 37.7 Å².